The standard InChI is InChI=1S/C10H8Cl2N2OS/c11-5-1-2-7(12)6(3-5)9(15)8-4-14-10(13)16-8/h1-4,9,15H,(H2,13,14). The predicted molar refractivity (Wildman–Crippen MR) is 67.1 cm³/mol. The zero-order valence-electron chi connectivity index (χ0n) is 8.02. The maximum absolute atomic E-state index is 10.1. The van der Waals surface area contributed by atoms with Crippen LogP contribution in [-0.4, -0.2) is 10.1 Å². The van der Waals surface area contributed by atoms with Crippen LogP contribution in [0.15, 0.2) is 24.4 Å². The van der Waals surface area contributed by atoms with Gasteiger partial charge in [-0.25, -0.2) is 4.98 Å². The maximum atomic E-state index is 10.1. The molecule has 0 aliphatic rings. The Hall–Kier alpha value is -0.810. The van der Waals surface area contributed by atoms with E-state index in [0.717, 1.165) is 0 Å². The Labute approximate surface area is 106 Å². The van der Waals surface area contributed by atoms with Crippen LogP contribution in [0, 0.1) is 0 Å². The number of benzene rings is 1. The lowest BCUT2D eigenvalue weighted by Gasteiger charge is -2.10. The molecule has 3 N–H and O–H groups in total. The highest BCUT2D eigenvalue weighted by Crippen LogP contribution is 2.33. The second-order valence-corrected chi connectivity index (χ2v) is 5.11. The van der Waals surface area contributed by atoms with E-state index in [0.29, 0.717) is 25.6 Å². The highest BCUT2D eigenvalue weighted by molar-refractivity contribution is 7.15. The molecule has 0 bridgehead atoms. The Morgan fingerprint density at radius 2 is 2.12 bits per heavy atom. The van der Waals surface area contributed by atoms with Crippen LogP contribution in [0.5, 0.6) is 0 Å². The van der Waals surface area contributed by atoms with Crippen molar-refractivity contribution in [2.75, 3.05) is 5.73 Å². The third kappa shape index (κ3) is 2.30. The van der Waals surface area contributed by atoms with E-state index in [9.17, 15) is 5.11 Å². The smallest absolute Gasteiger partial charge is 0.180 e. The average molecular weight is 275 g/mol. The molecule has 84 valence electrons. The molecule has 0 aliphatic carbocycles. The number of nitrogen functional groups attached to an aromatic ring is 1. The van der Waals surface area contributed by atoms with Crippen LogP contribution >= 0.6 is 34.5 Å². The third-order valence-corrected chi connectivity index (χ3v) is 3.52. The van der Waals surface area contributed by atoms with Gasteiger partial charge in [0.25, 0.3) is 0 Å². The summed E-state index contributed by atoms with van der Waals surface area (Å²) >= 11 is 13.0. The average Bonchev–Trinajstić information content (AvgIpc) is 2.67. The second-order valence-electron chi connectivity index (χ2n) is 3.17. The first-order valence-electron chi connectivity index (χ1n) is 4.42. The number of aliphatic hydroxyl groups excluding tert-OH is 1. The highest BCUT2D eigenvalue weighted by atomic mass is 35.5. The van der Waals surface area contributed by atoms with Crippen LogP contribution < -0.4 is 5.73 Å². The molecule has 0 amide bonds. The summed E-state index contributed by atoms with van der Waals surface area (Å²) in [6.07, 6.45) is 0.683. The Bertz CT molecular complexity index is 515. The summed E-state index contributed by atoms with van der Waals surface area (Å²) in [6, 6.07) is 4.94. The van der Waals surface area contributed by atoms with E-state index in [1.54, 1.807) is 18.2 Å². The Balaban J connectivity index is 2.40. The minimum absolute atomic E-state index is 0.409. The van der Waals surface area contributed by atoms with Gasteiger partial charge in [0.2, 0.25) is 0 Å². The van der Waals surface area contributed by atoms with Crippen LogP contribution in [0.2, 0.25) is 10.0 Å². The van der Waals surface area contributed by atoms with Crippen molar-refractivity contribution >= 4 is 39.7 Å². The molecule has 1 heterocycles. The number of rotatable bonds is 2. The molecule has 16 heavy (non-hydrogen) atoms. The summed E-state index contributed by atoms with van der Waals surface area (Å²) in [6.45, 7) is 0. The van der Waals surface area contributed by atoms with Crippen molar-refractivity contribution < 1.29 is 5.11 Å². The van der Waals surface area contributed by atoms with Crippen LogP contribution in [0.25, 0.3) is 0 Å². The van der Waals surface area contributed by atoms with Crippen molar-refractivity contribution in [3.8, 4) is 0 Å². The van der Waals surface area contributed by atoms with E-state index in [1.807, 2.05) is 0 Å². The number of aromatic nitrogens is 1. The van der Waals surface area contributed by atoms with Gasteiger partial charge in [0.1, 0.15) is 6.10 Å². The molecular weight excluding hydrogens is 267 g/mol. The summed E-state index contributed by atoms with van der Waals surface area (Å²) in [4.78, 5) is 4.52. The van der Waals surface area contributed by atoms with Crippen LogP contribution in [0.3, 0.4) is 0 Å². The molecule has 1 atom stereocenters. The topological polar surface area (TPSA) is 59.1 Å². The Kier molecular flexibility index (Phi) is 3.35. The molecule has 2 aromatic rings. The first-order chi connectivity index (χ1) is 7.58. The van der Waals surface area contributed by atoms with Gasteiger partial charge in [-0.15, -0.1) is 0 Å². The van der Waals surface area contributed by atoms with E-state index in [-0.39, 0.29) is 0 Å². The lowest BCUT2D eigenvalue weighted by Crippen LogP contribution is -1.98. The lowest BCUT2D eigenvalue weighted by atomic mass is 10.1. The monoisotopic (exact) mass is 274 g/mol. The largest absolute Gasteiger partial charge is 0.383 e. The van der Waals surface area contributed by atoms with E-state index in [2.05, 4.69) is 4.98 Å². The zero-order valence-corrected chi connectivity index (χ0v) is 10.4. The Morgan fingerprint density at radius 1 is 1.38 bits per heavy atom. The quantitative estimate of drug-likeness (QED) is 0.885. The highest BCUT2D eigenvalue weighted by Gasteiger charge is 2.16. The van der Waals surface area contributed by atoms with Gasteiger partial charge in [0, 0.05) is 21.8 Å². The van der Waals surface area contributed by atoms with Crippen LogP contribution in [-0.2, 0) is 0 Å². The first-order valence-corrected chi connectivity index (χ1v) is 5.99. The van der Waals surface area contributed by atoms with Crippen molar-refractivity contribution in [1.29, 1.82) is 0 Å². The molecule has 1 aromatic heterocycles. The maximum Gasteiger partial charge on any atom is 0.180 e. The molecule has 0 radical (unpaired) electrons. The van der Waals surface area contributed by atoms with Gasteiger partial charge in [-0.3, -0.25) is 0 Å². The first kappa shape index (κ1) is 11.7. The molecule has 6 heteroatoms. The van der Waals surface area contributed by atoms with Gasteiger partial charge in [0.15, 0.2) is 5.13 Å². The molecule has 1 unspecified atom stereocenters. The van der Waals surface area contributed by atoms with Gasteiger partial charge in [-0.2, -0.15) is 0 Å². The number of thiazole rings is 1. The summed E-state index contributed by atoms with van der Waals surface area (Å²) in [5, 5.41) is 11.5. The van der Waals surface area contributed by atoms with Gasteiger partial charge in [0.05, 0.1) is 4.88 Å². The number of hydrogen-bond acceptors (Lipinski definition) is 4. The zero-order chi connectivity index (χ0) is 11.7. The van der Waals surface area contributed by atoms with Crippen LogP contribution in [0.4, 0.5) is 5.13 Å². The number of hydrogen-bond donors (Lipinski definition) is 2. The normalized spacial score (nSPS) is 12.7. The molecule has 0 saturated carbocycles. The molecule has 0 fully saturated rings. The summed E-state index contributed by atoms with van der Waals surface area (Å²) in [5.41, 5.74) is 6.05. The number of nitrogens with two attached hydrogens (primary N) is 1. The van der Waals surface area contributed by atoms with Gasteiger partial charge in [-0.1, -0.05) is 34.5 Å². The Morgan fingerprint density at radius 3 is 2.75 bits per heavy atom. The lowest BCUT2D eigenvalue weighted by molar-refractivity contribution is 0.224. The molecule has 2 rings (SSSR count). The van der Waals surface area contributed by atoms with E-state index >= 15 is 0 Å². The summed E-state index contributed by atoms with van der Waals surface area (Å²) < 4.78 is 0. The summed E-state index contributed by atoms with van der Waals surface area (Å²) in [7, 11) is 0. The minimum atomic E-state index is -0.846. The number of nitrogens with zero attached hydrogens (tertiary/aromatic N) is 1. The number of anilines is 1. The number of aliphatic hydroxyl groups is 1. The fourth-order valence-electron chi connectivity index (χ4n) is 1.30. The van der Waals surface area contributed by atoms with Crippen molar-refractivity contribution in [2.24, 2.45) is 0 Å². The molecule has 0 saturated heterocycles. The van der Waals surface area contributed by atoms with Gasteiger partial charge < -0.3 is 10.8 Å². The van der Waals surface area contributed by atoms with E-state index in [4.69, 9.17) is 28.9 Å². The predicted octanol–water partition coefficient (Wildman–Crippen LogP) is 3.11. The minimum Gasteiger partial charge on any atom is -0.383 e. The fraction of sp³-hybridized carbons (Fsp3) is 0.100. The van der Waals surface area contributed by atoms with Crippen molar-refractivity contribution in [3.63, 3.8) is 0 Å². The molecular formula is C10H8Cl2N2OS. The van der Waals surface area contributed by atoms with Crippen molar-refractivity contribution in [2.45, 2.75) is 6.10 Å². The second kappa shape index (κ2) is 4.59. The van der Waals surface area contributed by atoms with Crippen molar-refractivity contribution in [1.82, 2.24) is 4.98 Å². The molecule has 0 aliphatic heterocycles. The molecule has 0 spiro atoms. The van der Waals surface area contributed by atoms with E-state index < -0.39 is 6.10 Å². The third-order valence-electron chi connectivity index (χ3n) is 2.06. The number of halogens is 2. The van der Waals surface area contributed by atoms with Gasteiger partial charge in [-0.05, 0) is 18.2 Å². The van der Waals surface area contributed by atoms with Crippen LogP contribution in [0.1, 0.15) is 16.5 Å². The van der Waals surface area contributed by atoms with Crippen molar-refractivity contribution in [3.05, 3.63) is 44.9 Å². The molecule has 3 nitrogen and oxygen atoms in total. The van der Waals surface area contributed by atoms with E-state index in [1.165, 1.54) is 17.5 Å². The van der Waals surface area contributed by atoms with Gasteiger partial charge >= 0.3 is 0 Å². The summed E-state index contributed by atoms with van der Waals surface area (Å²) in [5.74, 6) is 0. The molecule has 1 aromatic carbocycles. The fourth-order valence-corrected chi connectivity index (χ4v) is 2.40. The SMILES string of the molecule is Nc1ncc(C(O)c2cc(Cl)ccc2Cl)s1.